The van der Waals surface area contributed by atoms with E-state index in [9.17, 15) is 22.8 Å². The first kappa shape index (κ1) is 13.1. The van der Waals surface area contributed by atoms with Crippen molar-refractivity contribution in [1.29, 1.82) is 0 Å². The van der Waals surface area contributed by atoms with Crippen LogP contribution in [-0.2, 0) is 4.79 Å². The zero-order chi connectivity index (χ0) is 12.3. The Labute approximate surface area is 94.7 Å². The molecule has 0 aromatic rings. The first-order chi connectivity index (χ1) is 7.33. The van der Waals surface area contributed by atoms with Crippen LogP contribution in [-0.4, -0.2) is 41.5 Å². The summed E-state index contributed by atoms with van der Waals surface area (Å²) in [5.74, 6) is -1.27. The van der Waals surface area contributed by atoms with Crippen molar-refractivity contribution in [3.05, 3.63) is 0 Å². The van der Waals surface area contributed by atoms with Gasteiger partial charge in [0.25, 0.3) is 0 Å². The van der Waals surface area contributed by atoms with Crippen molar-refractivity contribution in [1.82, 2.24) is 10.2 Å². The quantitative estimate of drug-likeness (QED) is 0.780. The first-order valence-electron chi connectivity index (χ1n) is 4.56. The summed E-state index contributed by atoms with van der Waals surface area (Å²) >= 11 is 5.12. The van der Waals surface area contributed by atoms with Crippen LogP contribution in [0.5, 0.6) is 0 Å². The smallest absolute Gasteiger partial charge is 0.312 e. The molecule has 1 saturated carbocycles. The number of alkyl halides is 4. The van der Waals surface area contributed by atoms with Crippen molar-refractivity contribution in [2.75, 3.05) is 12.4 Å². The maximum Gasteiger partial charge on any atom is 0.406 e. The second kappa shape index (κ2) is 4.90. The number of hydrogen-bond donors (Lipinski definition) is 1. The number of halogens is 4. The number of carbonyl (C=O) groups excluding carboxylic acids is 2. The van der Waals surface area contributed by atoms with Gasteiger partial charge in [0.15, 0.2) is 0 Å². The van der Waals surface area contributed by atoms with Gasteiger partial charge in [-0.2, -0.15) is 13.2 Å². The van der Waals surface area contributed by atoms with E-state index in [1.807, 2.05) is 0 Å². The van der Waals surface area contributed by atoms with Crippen LogP contribution in [0.3, 0.4) is 0 Å². The van der Waals surface area contributed by atoms with E-state index in [2.05, 4.69) is 0 Å². The molecule has 0 heterocycles. The zero-order valence-corrected chi connectivity index (χ0v) is 8.94. The normalized spacial score (nSPS) is 15.8. The summed E-state index contributed by atoms with van der Waals surface area (Å²) < 4.78 is 36.4. The Morgan fingerprint density at radius 1 is 1.38 bits per heavy atom. The van der Waals surface area contributed by atoms with Gasteiger partial charge >= 0.3 is 12.2 Å². The molecule has 0 radical (unpaired) electrons. The van der Waals surface area contributed by atoms with Crippen LogP contribution in [0.25, 0.3) is 0 Å². The molecule has 0 aromatic carbocycles. The first-order valence-corrected chi connectivity index (χ1v) is 5.10. The number of urea groups is 1. The van der Waals surface area contributed by atoms with Crippen LogP contribution in [0.1, 0.15) is 12.8 Å². The number of amides is 3. The van der Waals surface area contributed by atoms with E-state index in [4.69, 9.17) is 11.6 Å². The van der Waals surface area contributed by atoms with E-state index in [-0.39, 0.29) is 0 Å². The highest BCUT2D eigenvalue weighted by Gasteiger charge is 2.40. The van der Waals surface area contributed by atoms with Crippen molar-refractivity contribution in [2.45, 2.75) is 25.1 Å². The standard InChI is InChI=1S/C8H10ClF3N2O2/c9-3-6(15)13-7(16)14(5-1-2-5)4-8(10,11)12/h5H,1-4H2,(H,13,15,16). The van der Waals surface area contributed by atoms with E-state index < -0.39 is 36.6 Å². The molecule has 1 fully saturated rings. The largest absolute Gasteiger partial charge is 0.406 e. The van der Waals surface area contributed by atoms with Crippen molar-refractivity contribution in [3.8, 4) is 0 Å². The summed E-state index contributed by atoms with van der Waals surface area (Å²) in [6.45, 7) is -1.35. The number of rotatable bonds is 3. The van der Waals surface area contributed by atoms with E-state index in [1.54, 1.807) is 5.32 Å². The molecule has 1 N–H and O–H groups in total. The molecule has 4 nitrogen and oxygen atoms in total. The van der Waals surface area contributed by atoms with Crippen LogP contribution in [0.2, 0.25) is 0 Å². The molecular formula is C8H10ClF3N2O2. The third-order valence-electron chi connectivity index (χ3n) is 1.97. The highest BCUT2D eigenvalue weighted by Crippen LogP contribution is 2.29. The Kier molecular flexibility index (Phi) is 4.01. The Balaban J connectivity index is 2.56. The molecular weight excluding hydrogens is 249 g/mol. The van der Waals surface area contributed by atoms with Gasteiger partial charge in [0.1, 0.15) is 12.4 Å². The van der Waals surface area contributed by atoms with Gasteiger partial charge in [-0.3, -0.25) is 10.1 Å². The number of carbonyl (C=O) groups is 2. The predicted molar refractivity (Wildman–Crippen MR) is 50.0 cm³/mol. The van der Waals surface area contributed by atoms with Gasteiger partial charge in [-0.15, -0.1) is 11.6 Å². The van der Waals surface area contributed by atoms with Crippen molar-refractivity contribution in [2.24, 2.45) is 0 Å². The van der Waals surface area contributed by atoms with Crippen molar-refractivity contribution >= 4 is 23.5 Å². The number of imide groups is 1. The van der Waals surface area contributed by atoms with E-state index in [1.165, 1.54) is 0 Å². The molecule has 1 rings (SSSR count). The highest BCUT2D eigenvalue weighted by molar-refractivity contribution is 6.28. The minimum absolute atomic E-state index is 0.426. The Morgan fingerprint density at radius 2 is 1.94 bits per heavy atom. The third-order valence-corrected chi connectivity index (χ3v) is 2.21. The second-order valence-electron chi connectivity index (χ2n) is 3.46. The Hall–Kier alpha value is -0.980. The number of nitrogens with zero attached hydrogens (tertiary/aromatic N) is 1. The molecule has 0 aliphatic heterocycles. The summed E-state index contributed by atoms with van der Waals surface area (Å²) in [7, 11) is 0. The summed E-state index contributed by atoms with van der Waals surface area (Å²) in [5.41, 5.74) is 0. The number of hydrogen-bond acceptors (Lipinski definition) is 2. The molecule has 1 aliphatic carbocycles. The monoisotopic (exact) mass is 258 g/mol. The number of nitrogens with one attached hydrogen (secondary N) is 1. The Morgan fingerprint density at radius 3 is 2.31 bits per heavy atom. The SMILES string of the molecule is O=C(CCl)NC(=O)N(CC(F)(F)F)C1CC1. The molecule has 0 unspecified atom stereocenters. The van der Waals surface area contributed by atoms with Crippen molar-refractivity contribution in [3.63, 3.8) is 0 Å². The van der Waals surface area contributed by atoms with Gasteiger partial charge < -0.3 is 4.90 Å². The predicted octanol–water partition coefficient (Wildman–Crippen LogP) is 1.49. The lowest BCUT2D eigenvalue weighted by Gasteiger charge is -2.23. The van der Waals surface area contributed by atoms with Gasteiger partial charge in [-0.25, -0.2) is 4.79 Å². The maximum atomic E-state index is 12.1. The van der Waals surface area contributed by atoms with Gasteiger partial charge in [-0.05, 0) is 12.8 Å². The minimum Gasteiger partial charge on any atom is -0.312 e. The van der Waals surface area contributed by atoms with Crippen LogP contribution in [0.4, 0.5) is 18.0 Å². The lowest BCUT2D eigenvalue weighted by Crippen LogP contribution is -2.48. The molecule has 0 aromatic heterocycles. The minimum atomic E-state index is -4.47. The summed E-state index contributed by atoms with van der Waals surface area (Å²) in [6, 6.07) is -1.46. The van der Waals surface area contributed by atoms with Crippen LogP contribution in [0, 0.1) is 0 Å². The summed E-state index contributed by atoms with van der Waals surface area (Å²) in [6.07, 6.45) is -3.42. The van der Waals surface area contributed by atoms with E-state index >= 15 is 0 Å². The van der Waals surface area contributed by atoms with Crippen LogP contribution < -0.4 is 5.32 Å². The van der Waals surface area contributed by atoms with Gasteiger partial charge in [0.05, 0.1) is 0 Å². The van der Waals surface area contributed by atoms with E-state index in [0.29, 0.717) is 17.7 Å². The zero-order valence-electron chi connectivity index (χ0n) is 8.18. The Bertz CT molecular complexity index is 291. The van der Waals surface area contributed by atoms with Crippen molar-refractivity contribution < 1.29 is 22.8 Å². The van der Waals surface area contributed by atoms with E-state index in [0.717, 1.165) is 0 Å². The topological polar surface area (TPSA) is 49.4 Å². The lowest BCUT2D eigenvalue weighted by molar-refractivity contribution is -0.141. The van der Waals surface area contributed by atoms with Gasteiger partial charge in [-0.1, -0.05) is 0 Å². The molecule has 0 saturated heterocycles. The average Bonchev–Trinajstić information content (AvgIpc) is 2.95. The molecule has 8 heteroatoms. The maximum absolute atomic E-state index is 12.1. The fourth-order valence-electron chi connectivity index (χ4n) is 1.17. The molecule has 0 spiro atoms. The summed E-state index contributed by atoms with van der Waals surface area (Å²) in [4.78, 5) is 22.7. The molecule has 1 aliphatic rings. The molecule has 3 amide bonds. The average molecular weight is 259 g/mol. The second-order valence-corrected chi connectivity index (χ2v) is 3.73. The van der Waals surface area contributed by atoms with Crippen LogP contribution >= 0.6 is 11.6 Å². The third kappa shape index (κ3) is 4.26. The molecule has 0 atom stereocenters. The summed E-state index contributed by atoms with van der Waals surface area (Å²) in [5, 5.41) is 1.79. The fraction of sp³-hybridized carbons (Fsp3) is 0.750. The molecule has 0 bridgehead atoms. The van der Waals surface area contributed by atoms with Gasteiger partial charge in [0, 0.05) is 6.04 Å². The van der Waals surface area contributed by atoms with Gasteiger partial charge in [0.2, 0.25) is 5.91 Å². The molecule has 16 heavy (non-hydrogen) atoms. The lowest BCUT2D eigenvalue weighted by atomic mass is 10.4. The highest BCUT2D eigenvalue weighted by atomic mass is 35.5. The van der Waals surface area contributed by atoms with Crippen LogP contribution in [0.15, 0.2) is 0 Å². The molecule has 92 valence electrons. The fourth-order valence-corrected chi connectivity index (χ4v) is 1.24.